The van der Waals surface area contributed by atoms with Gasteiger partial charge in [-0.05, 0) is 38.0 Å². The molecule has 0 amide bonds. The van der Waals surface area contributed by atoms with E-state index < -0.39 is 22.7 Å². The molecule has 1 saturated carbocycles. The van der Waals surface area contributed by atoms with E-state index >= 15 is 0 Å². The van der Waals surface area contributed by atoms with Gasteiger partial charge in [-0.25, -0.2) is 13.8 Å². The summed E-state index contributed by atoms with van der Waals surface area (Å²) in [5, 5.41) is 0.219. The van der Waals surface area contributed by atoms with Gasteiger partial charge in [0.05, 0.1) is 10.8 Å². The Kier molecular flexibility index (Phi) is 3.80. The highest BCUT2D eigenvalue weighted by molar-refractivity contribution is 8.00. The van der Waals surface area contributed by atoms with Crippen LogP contribution in [-0.4, -0.2) is 20.6 Å². The van der Waals surface area contributed by atoms with Crippen LogP contribution >= 0.6 is 11.8 Å². The Morgan fingerprint density at radius 1 is 1.43 bits per heavy atom. The topological polar surface area (TPSA) is 34.9 Å². The number of ketones is 1. The summed E-state index contributed by atoms with van der Waals surface area (Å²) in [6.07, 6.45) is 5.82. The molecule has 0 N–H and O–H groups in total. The third-order valence-electron chi connectivity index (χ3n) is 3.42. The van der Waals surface area contributed by atoms with Crippen molar-refractivity contribution in [3.05, 3.63) is 47.8 Å². The predicted molar refractivity (Wildman–Crippen MR) is 76.5 cm³/mol. The number of carbonyl (C=O) groups excluding carboxylic acids is 1. The lowest BCUT2D eigenvalue weighted by Gasteiger charge is -2.12. The van der Waals surface area contributed by atoms with Crippen molar-refractivity contribution in [2.24, 2.45) is 0 Å². The molecule has 1 unspecified atom stereocenters. The minimum absolute atomic E-state index is 0.209. The van der Waals surface area contributed by atoms with Crippen molar-refractivity contribution in [2.75, 3.05) is 0 Å². The summed E-state index contributed by atoms with van der Waals surface area (Å²) < 4.78 is 28.9. The van der Waals surface area contributed by atoms with Crippen molar-refractivity contribution in [3.8, 4) is 0 Å². The molecule has 0 saturated heterocycles. The average molecular weight is 308 g/mol. The van der Waals surface area contributed by atoms with Crippen LogP contribution in [0.5, 0.6) is 0 Å². The molecular weight excluding hydrogens is 294 g/mol. The molecule has 1 aromatic carbocycles. The minimum Gasteiger partial charge on any atom is -0.323 e. The fourth-order valence-corrected chi connectivity index (χ4v) is 3.14. The number of halogens is 2. The van der Waals surface area contributed by atoms with Gasteiger partial charge < -0.3 is 4.57 Å². The van der Waals surface area contributed by atoms with Crippen molar-refractivity contribution in [1.82, 2.24) is 9.55 Å². The number of imidazole rings is 1. The Hall–Kier alpha value is -1.69. The van der Waals surface area contributed by atoms with Crippen molar-refractivity contribution in [1.29, 1.82) is 0 Å². The van der Waals surface area contributed by atoms with Gasteiger partial charge >= 0.3 is 0 Å². The van der Waals surface area contributed by atoms with Gasteiger partial charge in [-0.15, -0.1) is 0 Å². The maximum Gasteiger partial charge on any atom is 0.179 e. The molecule has 1 aliphatic carbocycles. The predicted octanol–water partition coefficient (Wildman–Crippen LogP) is 3.86. The maximum atomic E-state index is 13.7. The number of nitrogens with zero attached hydrogens (tertiary/aromatic N) is 2. The lowest BCUT2D eigenvalue weighted by atomic mass is 10.1. The Labute approximate surface area is 125 Å². The Bertz CT molecular complexity index is 682. The van der Waals surface area contributed by atoms with Gasteiger partial charge in [0.2, 0.25) is 0 Å². The molecule has 0 aliphatic heterocycles. The molecule has 0 radical (unpaired) electrons. The third kappa shape index (κ3) is 3.00. The van der Waals surface area contributed by atoms with Crippen LogP contribution in [0.1, 0.15) is 36.2 Å². The molecule has 1 aliphatic rings. The van der Waals surface area contributed by atoms with Crippen LogP contribution in [0.3, 0.4) is 0 Å². The summed E-state index contributed by atoms with van der Waals surface area (Å²) in [5.41, 5.74) is -0.209. The first-order valence-electron chi connectivity index (χ1n) is 6.75. The fourth-order valence-electron chi connectivity index (χ4n) is 2.14. The van der Waals surface area contributed by atoms with Gasteiger partial charge in [-0.2, -0.15) is 0 Å². The highest BCUT2D eigenvalue weighted by Crippen LogP contribution is 2.38. The molecule has 3 nitrogen and oxygen atoms in total. The smallest absolute Gasteiger partial charge is 0.179 e. The monoisotopic (exact) mass is 308 g/mol. The maximum absolute atomic E-state index is 13.7. The number of hydrogen-bond donors (Lipinski definition) is 0. The summed E-state index contributed by atoms with van der Waals surface area (Å²) in [7, 11) is 0. The van der Waals surface area contributed by atoms with Crippen molar-refractivity contribution in [2.45, 2.75) is 36.2 Å². The van der Waals surface area contributed by atoms with E-state index in [9.17, 15) is 13.6 Å². The van der Waals surface area contributed by atoms with E-state index in [1.807, 2.05) is 10.8 Å². The van der Waals surface area contributed by atoms with Crippen LogP contribution < -0.4 is 0 Å². The zero-order valence-corrected chi connectivity index (χ0v) is 12.2. The molecule has 1 fully saturated rings. The van der Waals surface area contributed by atoms with Crippen LogP contribution in [0, 0.1) is 11.6 Å². The fraction of sp³-hybridized carbons (Fsp3) is 0.333. The van der Waals surface area contributed by atoms with E-state index in [1.165, 1.54) is 11.8 Å². The quantitative estimate of drug-likeness (QED) is 0.621. The number of hydrogen-bond acceptors (Lipinski definition) is 3. The van der Waals surface area contributed by atoms with Gasteiger partial charge in [-0.1, -0.05) is 11.8 Å². The zero-order valence-electron chi connectivity index (χ0n) is 11.4. The van der Waals surface area contributed by atoms with Crippen molar-refractivity contribution < 1.29 is 13.6 Å². The normalized spacial score (nSPS) is 16.0. The third-order valence-corrected chi connectivity index (χ3v) is 4.51. The van der Waals surface area contributed by atoms with Crippen LogP contribution in [0.15, 0.2) is 35.7 Å². The molecule has 1 heterocycles. The number of benzene rings is 1. The van der Waals surface area contributed by atoms with Crippen LogP contribution in [0.4, 0.5) is 8.78 Å². The molecule has 110 valence electrons. The highest BCUT2D eigenvalue weighted by atomic mass is 32.2. The van der Waals surface area contributed by atoms with Gasteiger partial charge in [0.15, 0.2) is 10.9 Å². The number of aromatic nitrogens is 2. The van der Waals surface area contributed by atoms with Crippen molar-refractivity contribution >= 4 is 17.5 Å². The lowest BCUT2D eigenvalue weighted by Crippen LogP contribution is -2.16. The molecule has 6 heteroatoms. The van der Waals surface area contributed by atoms with Crippen LogP contribution in [-0.2, 0) is 0 Å². The van der Waals surface area contributed by atoms with E-state index in [2.05, 4.69) is 4.98 Å². The van der Waals surface area contributed by atoms with Crippen LogP contribution in [0.25, 0.3) is 0 Å². The molecule has 1 atom stereocenters. The molecule has 21 heavy (non-hydrogen) atoms. The van der Waals surface area contributed by atoms with Gasteiger partial charge in [0, 0.05) is 18.4 Å². The second kappa shape index (κ2) is 5.60. The summed E-state index contributed by atoms with van der Waals surface area (Å²) in [6.45, 7) is 1.68. The summed E-state index contributed by atoms with van der Waals surface area (Å²) >= 11 is 1.28. The second-order valence-corrected chi connectivity index (χ2v) is 6.40. The van der Waals surface area contributed by atoms with E-state index in [0.717, 1.165) is 36.2 Å². The molecule has 0 bridgehead atoms. The molecular formula is C15H14F2N2OS. The summed E-state index contributed by atoms with van der Waals surface area (Å²) in [5.74, 6) is -1.74. The van der Waals surface area contributed by atoms with Crippen LogP contribution in [0.2, 0.25) is 0 Å². The van der Waals surface area contributed by atoms with E-state index in [-0.39, 0.29) is 5.56 Å². The Morgan fingerprint density at radius 2 is 2.19 bits per heavy atom. The lowest BCUT2D eigenvalue weighted by molar-refractivity contribution is 0.0989. The van der Waals surface area contributed by atoms with E-state index in [1.54, 1.807) is 13.1 Å². The number of thioether (sulfide) groups is 1. The van der Waals surface area contributed by atoms with Gasteiger partial charge in [-0.3, -0.25) is 4.79 Å². The number of rotatable bonds is 5. The zero-order chi connectivity index (χ0) is 15.0. The minimum atomic E-state index is -0.695. The van der Waals surface area contributed by atoms with Gasteiger partial charge in [0.25, 0.3) is 0 Å². The van der Waals surface area contributed by atoms with E-state index in [0.29, 0.717) is 6.04 Å². The SMILES string of the molecule is CC(Sc1nccn1C1CC1)C(=O)c1cc(F)ccc1F. The first kappa shape index (κ1) is 14.3. The molecule has 0 spiro atoms. The Morgan fingerprint density at radius 3 is 2.90 bits per heavy atom. The molecule has 1 aromatic heterocycles. The standard InChI is InChI=1S/C15H14F2N2OS/c1-9(14(20)12-8-10(16)2-5-13(12)17)21-15-18-6-7-19(15)11-3-4-11/h2,5-9,11H,3-4H2,1H3. The van der Waals surface area contributed by atoms with Crippen molar-refractivity contribution in [3.63, 3.8) is 0 Å². The summed E-state index contributed by atoms with van der Waals surface area (Å²) in [4.78, 5) is 16.5. The van der Waals surface area contributed by atoms with Gasteiger partial charge in [0.1, 0.15) is 11.6 Å². The largest absolute Gasteiger partial charge is 0.323 e. The number of Topliss-reactive ketones (excluding diaryl/α,β-unsaturated/α-hetero) is 1. The first-order valence-corrected chi connectivity index (χ1v) is 7.63. The molecule has 2 aromatic rings. The second-order valence-electron chi connectivity index (χ2n) is 5.10. The van der Waals surface area contributed by atoms with E-state index in [4.69, 9.17) is 0 Å². The molecule has 3 rings (SSSR count). The first-order chi connectivity index (χ1) is 10.1. The summed E-state index contributed by atoms with van der Waals surface area (Å²) in [6, 6.07) is 3.39. The highest BCUT2D eigenvalue weighted by Gasteiger charge is 2.28. The number of carbonyl (C=O) groups is 1. The Balaban J connectivity index is 1.78. The average Bonchev–Trinajstić information content (AvgIpc) is 3.21.